The van der Waals surface area contributed by atoms with Gasteiger partial charge in [-0.3, -0.25) is 9.59 Å². The number of morpholine rings is 1. The van der Waals surface area contributed by atoms with E-state index in [0.717, 1.165) is 11.3 Å². The van der Waals surface area contributed by atoms with Gasteiger partial charge in [-0.15, -0.1) is 0 Å². The lowest BCUT2D eigenvalue weighted by Crippen LogP contribution is -2.42. The molecule has 2 aliphatic rings. The van der Waals surface area contributed by atoms with E-state index in [1.54, 1.807) is 0 Å². The molecule has 2 amide bonds. The van der Waals surface area contributed by atoms with Crippen LogP contribution in [-0.2, 0) is 14.3 Å². The summed E-state index contributed by atoms with van der Waals surface area (Å²) in [4.78, 5) is 25.3. The van der Waals surface area contributed by atoms with Crippen LogP contribution in [0.1, 0.15) is 37.4 Å². The summed E-state index contributed by atoms with van der Waals surface area (Å²) in [5, 5.41) is 4.01. The summed E-state index contributed by atoms with van der Waals surface area (Å²) >= 11 is 0. The van der Waals surface area contributed by atoms with Crippen molar-refractivity contribution >= 4 is 17.5 Å². The Hall–Kier alpha value is -2.21. The van der Waals surface area contributed by atoms with Crippen molar-refractivity contribution in [2.45, 2.75) is 31.8 Å². The molecule has 1 N–H and O–H groups in total. The zero-order chi connectivity index (χ0) is 16.1. The summed E-state index contributed by atoms with van der Waals surface area (Å²) in [6.45, 7) is 1.78. The van der Waals surface area contributed by atoms with Crippen LogP contribution in [0, 0.1) is 0 Å². The average Bonchev–Trinajstić information content (AvgIpc) is 2.62. The maximum atomic E-state index is 12.4. The van der Waals surface area contributed by atoms with Crippen molar-refractivity contribution in [3.8, 4) is 0 Å². The molecule has 2 aliphatic heterocycles. The van der Waals surface area contributed by atoms with Crippen LogP contribution in [0.2, 0.25) is 0 Å². The van der Waals surface area contributed by atoms with Gasteiger partial charge in [0.05, 0.1) is 13.2 Å². The van der Waals surface area contributed by atoms with Gasteiger partial charge in [-0.1, -0.05) is 30.3 Å². The molecular weight excluding hydrogens is 294 g/mol. The highest BCUT2D eigenvalue weighted by Gasteiger charge is 2.25. The zero-order valence-electron chi connectivity index (χ0n) is 13.0. The highest BCUT2D eigenvalue weighted by molar-refractivity contribution is 5.94. The second-order valence-electron chi connectivity index (χ2n) is 5.82. The van der Waals surface area contributed by atoms with Crippen molar-refractivity contribution in [2.75, 3.05) is 19.7 Å². The van der Waals surface area contributed by atoms with Crippen molar-refractivity contribution in [3.05, 3.63) is 35.9 Å². The van der Waals surface area contributed by atoms with Gasteiger partial charge in [0.1, 0.15) is 6.10 Å². The predicted molar refractivity (Wildman–Crippen MR) is 85.8 cm³/mol. The van der Waals surface area contributed by atoms with E-state index in [1.165, 1.54) is 0 Å². The summed E-state index contributed by atoms with van der Waals surface area (Å²) < 4.78 is 5.79. The molecule has 2 heterocycles. The molecule has 122 valence electrons. The summed E-state index contributed by atoms with van der Waals surface area (Å²) in [6, 6.07) is 9.99. The second-order valence-corrected chi connectivity index (χ2v) is 5.82. The van der Waals surface area contributed by atoms with Crippen LogP contribution in [0.25, 0.3) is 0 Å². The van der Waals surface area contributed by atoms with Crippen molar-refractivity contribution in [2.24, 2.45) is 5.10 Å². The number of nitrogens with one attached hydrogen (secondary N) is 1. The number of hydrogen-bond donors (Lipinski definition) is 1. The van der Waals surface area contributed by atoms with Gasteiger partial charge in [0.25, 0.3) is 0 Å². The summed E-state index contributed by atoms with van der Waals surface area (Å²) in [5.41, 5.74) is 4.46. The molecule has 6 heteroatoms. The Labute approximate surface area is 135 Å². The second kappa shape index (κ2) is 7.37. The van der Waals surface area contributed by atoms with Crippen LogP contribution in [-0.4, -0.2) is 42.1 Å². The lowest BCUT2D eigenvalue weighted by molar-refractivity contribution is -0.138. The van der Waals surface area contributed by atoms with Gasteiger partial charge in [-0.05, 0) is 18.4 Å². The fourth-order valence-electron chi connectivity index (χ4n) is 2.85. The molecule has 0 radical (unpaired) electrons. The molecule has 1 atom stereocenters. The standard InChI is InChI=1S/C17H21N3O3/c21-16-8-6-14(18-19-16)7-9-17(22)20-10-11-23-15(12-20)13-4-2-1-3-5-13/h1-5,15H,6-12H2,(H,19,21). The Morgan fingerprint density at radius 1 is 1.30 bits per heavy atom. The normalized spacial score (nSPS) is 21.6. The zero-order valence-corrected chi connectivity index (χ0v) is 13.0. The number of hydrazone groups is 1. The first kappa shape index (κ1) is 15.7. The van der Waals surface area contributed by atoms with E-state index in [1.807, 2.05) is 35.2 Å². The monoisotopic (exact) mass is 315 g/mol. The molecule has 23 heavy (non-hydrogen) atoms. The summed E-state index contributed by atoms with van der Waals surface area (Å²) in [7, 11) is 0. The van der Waals surface area contributed by atoms with E-state index in [0.29, 0.717) is 45.4 Å². The largest absolute Gasteiger partial charge is 0.370 e. The van der Waals surface area contributed by atoms with E-state index in [4.69, 9.17) is 4.74 Å². The van der Waals surface area contributed by atoms with Crippen LogP contribution >= 0.6 is 0 Å². The Kier molecular flexibility index (Phi) is 5.02. The molecule has 1 aromatic carbocycles. The highest BCUT2D eigenvalue weighted by atomic mass is 16.5. The highest BCUT2D eigenvalue weighted by Crippen LogP contribution is 2.22. The Morgan fingerprint density at radius 2 is 2.13 bits per heavy atom. The number of rotatable bonds is 4. The van der Waals surface area contributed by atoms with Crippen LogP contribution in [0.3, 0.4) is 0 Å². The van der Waals surface area contributed by atoms with Crippen LogP contribution in [0.15, 0.2) is 35.4 Å². The van der Waals surface area contributed by atoms with Crippen molar-refractivity contribution < 1.29 is 14.3 Å². The fraction of sp³-hybridized carbons (Fsp3) is 0.471. The maximum Gasteiger partial charge on any atom is 0.240 e. The van der Waals surface area contributed by atoms with Crippen molar-refractivity contribution in [1.82, 2.24) is 10.3 Å². The molecule has 3 rings (SSSR count). The van der Waals surface area contributed by atoms with Crippen LogP contribution in [0.5, 0.6) is 0 Å². The van der Waals surface area contributed by atoms with E-state index >= 15 is 0 Å². The van der Waals surface area contributed by atoms with E-state index in [9.17, 15) is 9.59 Å². The first-order chi connectivity index (χ1) is 11.2. The minimum Gasteiger partial charge on any atom is -0.370 e. The van der Waals surface area contributed by atoms with E-state index in [2.05, 4.69) is 10.5 Å². The third-order valence-corrected chi connectivity index (χ3v) is 4.20. The number of ether oxygens (including phenoxy) is 1. The van der Waals surface area contributed by atoms with Gasteiger partial charge in [-0.25, -0.2) is 5.43 Å². The Morgan fingerprint density at radius 3 is 2.87 bits per heavy atom. The molecule has 0 spiro atoms. The third-order valence-electron chi connectivity index (χ3n) is 4.20. The number of hydrogen-bond acceptors (Lipinski definition) is 4. The van der Waals surface area contributed by atoms with Gasteiger partial charge < -0.3 is 9.64 Å². The number of nitrogens with zero attached hydrogens (tertiary/aromatic N) is 2. The summed E-state index contributed by atoms with van der Waals surface area (Å²) in [6.07, 6.45) is 2.08. The SMILES string of the molecule is O=C1CCC(CCC(=O)N2CCOC(c3ccccc3)C2)=NN1. The quantitative estimate of drug-likeness (QED) is 0.918. The lowest BCUT2D eigenvalue weighted by atomic mass is 10.1. The van der Waals surface area contributed by atoms with E-state index in [-0.39, 0.29) is 17.9 Å². The van der Waals surface area contributed by atoms with Crippen LogP contribution in [0.4, 0.5) is 0 Å². The first-order valence-corrected chi connectivity index (χ1v) is 8.01. The number of amides is 2. The van der Waals surface area contributed by atoms with Gasteiger partial charge in [0.2, 0.25) is 11.8 Å². The first-order valence-electron chi connectivity index (χ1n) is 8.01. The third kappa shape index (κ3) is 4.16. The minimum atomic E-state index is -0.0565. The van der Waals surface area contributed by atoms with Gasteiger partial charge >= 0.3 is 0 Å². The lowest BCUT2D eigenvalue weighted by Gasteiger charge is -2.33. The summed E-state index contributed by atoms with van der Waals surface area (Å²) in [5.74, 6) is 0.0628. The van der Waals surface area contributed by atoms with E-state index < -0.39 is 0 Å². The molecule has 6 nitrogen and oxygen atoms in total. The fourth-order valence-corrected chi connectivity index (χ4v) is 2.85. The van der Waals surface area contributed by atoms with Crippen molar-refractivity contribution in [3.63, 3.8) is 0 Å². The smallest absolute Gasteiger partial charge is 0.240 e. The van der Waals surface area contributed by atoms with Gasteiger partial charge in [0.15, 0.2) is 0 Å². The molecule has 0 aliphatic carbocycles. The van der Waals surface area contributed by atoms with Gasteiger partial charge in [0, 0.05) is 25.1 Å². The number of carbonyl (C=O) groups is 2. The molecule has 1 saturated heterocycles. The average molecular weight is 315 g/mol. The topological polar surface area (TPSA) is 71.0 Å². The Bertz CT molecular complexity index is 600. The molecule has 1 aromatic rings. The molecule has 1 unspecified atom stereocenters. The molecule has 0 bridgehead atoms. The van der Waals surface area contributed by atoms with Crippen LogP contribution < -0.4 is 5.43 Å². The molecule has 1 fully saturated rings. The molecule has 0 saturated carbocycles. The Balaban J connectivity index is 1.52. The minimum absolute atomic E-state index is 0.0554. The molecule has 0 aromatic heterocycles. The maximum absolute atomic E-state index is 12.4. The predicted octanol–water partition coefficient (Wildman–Crippen LogP) is 1.63. The number of carbonyl (C=O) groups excluding carboxylic acids is 2. The van der Waals surface area contributed by atoms with Crippen molar-refractivity contribution in [1.29, 1.82) is 0 Å². The molecular formula is C17H21N3O3. The van der Waals surface area contributed by atoms with Gasteiger partial charge in [-0.2, -0.15) is 5.10 Å². The number of benzene rings is 1.